The van der Waals surface area contributed by atoms with Gasteiger partial charge >= 0.3 is 5.97 Å². The Hall–Kier alpha value is -2.12. The molecule has 0 aliphatic rings. The number of carbonyl (C=O) groups excluding carboxylic acids is 2. The van der Waals surface area contributed by atoms with Crippen LogP contribution in [0.2, 0.25) is 0 Å². The van der Waals surface area contributed by atoms with Crippen LogP contribution in [0, 0.1) is 0 Å². The summed E-state index contributed by atoms with van der Waals surface area (Å²) in [6.45, 7) is 5.83. The zero-order valence-electron chi connectivity index (χ0n) is 13.9. The van der Waals surface area contributed by atoms with E-state index in [4.69, 9.17) is 10.5 Å². The summed E-state index contributed by atoms with van der Waals surface area (Å²) in [6.07, 6.45) is 0. The van der Waals surface area contributed by atoms with Crippen molar-refractivity contribution in [2.45, 2.75) is 26.2 Å². The first-order valence-corrected chi connectivity index (χ1v) is 7.80. The van der Waals surface area contributed by atoms with Gasteiger partial charge in [-0.3, -0.25) is 10.1 Å². The highest BCUT2D eigenvalue weighted by atomic mass is 35.5. The van der Waals surface area contributed by atoms with Crippen molar-refractivity contribution < 1.29 is 14.3 Å². The minimum Gasteiger partial charge on any atom is -0.465 e. The Bertz CT molecular complexity index is 753. The van der Waals surface area contributed by atoms with Gasteiger partial charge in [-0.15, -0.1) is 12.4 Å². The third-order valence-corrected chi connectivity index (χ3v) is 4.03. The number of thiazole rings is 1. The lowest BCUT2D eigenvalue weighted by molar-refractivity contribution is 0.0603. The summed E-state index contributed by atoms with van der Waals surface area (Å²) in [7, 11) is 1.32. The second-order valence-corrected chi connectivity index (χ2v) is 7.02. The van der Waals surface area contributed by atoms with Gasteiger partial charge < -0.3 is 10.5 Å². The van der Waals surface area contributed by atoms with Crippen LogP contribution < -0.4 is 11.1 Å². The molecule has 6 nitrogen and oxygen atoms in total. The SMILES string of the molecule is COC(=O)c1sc(NC(=O)c2cccc(N)c2)nc1C(C)(C)C.Cl. The summed E-state index contributed by atoms with van der Waals surface area (Å²) in [5.41, 5.74) is 6.86. The number of hydrogen-bond acceptors (Lipinski definition) is 6. The third kappa shape index (κ3) is 4.46. The van der Waals surface area contributed by atoms with Crippen molar-refractivity contribution in [2.75, 3.05) is 18.2 Å². The van der Waals surface area contributed by atoms with Crippen LogP contribution in [0.5, 0.6) is 0 Å². The standard InChI is InChI=1S/C16H19N3O3S.ClH/c1-16(2,3)12-11(14(21)22-4)23-15(18-12)19-13(20)9-6-5-7-10(17)8-9;/h5-8H,17H2,1-4H3,(H,18,19,20);1H. The first-order valence-electron chi connectivity index (χ1n) is 6.99. The molecule has 130 valence electrons. The molecule has 0 spiro atoms. The number of nitrogen functional groups attached to an aromatic ring is 1. The fourth-order valence-corrected chi connectivity index (χ4v) is 3.05. The normalized spacial score (nSPS) is 10.7. The second kappa shape index (κ2) is 7.63. The lowest BCUT2D eigenvalue weighted by atomic mass is 9.91. The van der Waals surface area contributed by atoms with Gasteiger partial charge in [0.15, 0.2) is 5.13 Å². The number of methoxy groups -OCH3 is 1. The van der Waals surface area contributed by atoms with E-state index < -0.39 is 5.97 Å². The van der Waals surface area contributed by atoms with Gasteiger partial charge in [-0.25, -0.2) is 9.78 Å². The lowest BCUT2D eigenvalue weighted by Gasteiger charge is -2.16. The summed E-state index contributed by atoms with van der Waals surface area (Å²) in [6, 6.07) is 6.64. The molecule has 0 bridgehead atoms. The summed E-state index contributed by atoms with van der Waals surface area (Å²) in [5, 5.41) is 3.05. The van der Waals surface area contributed by atoms with Crippen LogP contribution in [-0.2, 0) is 10.2 Å². The minimum atomic E-state index is -0.461. The Morgan fingerprint density at radius 2 is 1.96 bits per heavy atom. The summed E-state index contributed by atoms with van der Waals surface area (Å²) < 4.78 is 4.79. The van der Waals surface area contributed by atoms with Crippen molar-refractivity contribution in [1.82, 2.24) is 4.98 Å². The van der Waals surface area contributed by atoms with E-state index in [-0.39, 0.29) is 23.7 Å². The van der Waals surface area contributed by atoms with Crippen LogP contribution in [0.15, 0.2) is 24.3 Å². The first-order chi connectivity index (χ1) is 10.7. The van der Waals surface area contributed by atoms with Crippen LogP contribution in [0.3, 0.4) is 0 Å². The van der Waals surface area contributed by atoms with Crippen LogP contribution in [0.25, 0.3) is 0 Å². The quantitative estimate of drug-likeness (QED) is 0.638. The van der Waals surface area contributed by atoms with E-state index in [0.29, 0.717) is 27.0 Å². The molecule has 0 aliphatic carbocycles. The molecule has 1 heterocycles. The number of halogens is 1. The monoisotopic (exact) mass is 369 g/mol. The van der Waals surface area contributed by atoms with Gasteiger partial charge in [0.1, 0.15) is 4.88 Å². The number of rotatable bonds is 3. The maximum atomic E-state index is 12.3. The highest BCUT2D eigenvalue weighted by molar-refractivity contribution is 7.17. The molecule has 0 saturated heterocycles. The van der Waals surface area contributed by atoms with E-state index >= 15 is 0 Å². The van der Waals surface area contributed by atoms with Crippen molar-refractivity contribution in [3.05, 3.63) is 40.4 Å². The van der Waals surface area contributed by atoms with Gasteiger partial charge in [0.2, 0.25) is 0 Å². The van der Waals surface area contributed by atoms with Gasteiger partial charge in [-0.05, 0) is 18.2 Å². The number of amides is 1. The van der Waals surface area contributed by atoms with E-state index in [9.17, 15) is 9.59 Å². The number of benzene rings is 1. The highest BCUT2D eigenvalue weighted by Crippen LogP contribution is 2.32. The zero-order valence-corrected chi connectivity index (χ0v) is 15.5. The van der Waals surface area contributed by atoms with Crippen LogP contribution >= 0.6 is 23.7 Å². The smallest absolute Gasteiger partial charge is 0.350 e. The zero-order chi connectivity index (χ0) is 17.2. The van der Waals surface area contributed by atoms with E-state index in [2.05, 4.69) is 10.3 Å². The average molecular weight is 370 g/mol. The number of hydrogen-bond donors (Lipinski definition) is 2. The van der Waals surface area contributed by atoms with Crippen molar-refractivity contribution in [1.29, 1.82) is 0 Å². The molecule has 0 aliphatic heterocycles. The number of nitrogens with two attached hydrogens (primary N) is 1. The van der Waals surface area contributed by atoms with Gasteiger partial charge in [0, 0.05) is 16.7 Å². The Morgan fingerprint density at radius 1 is 1.29 bits per heavy atom. The van der Waals surface area contributed by atoms with Crippen molar-refractivity contribution >= 4 is 46.4 Å². The van der Waals surface area contributed by atoms with E-state index in [0.717, 1.165) is 11.3 Å². The summed E-state index contributed by atoms with van der Waals surface area (Å²) in [5.74, 6) is -0.792. The van der Waals surface area contributed by atoms with E-state index in [1.165, 1.54) is 7.11 Å². The number of nitrogens with one attached hydrogen (secondary N) is 1. The molecule has 2 rings (SSSR count). The van der Waals surface area contributed by atoms with Crippen LogP contribution in [0.4, 0.5) is 10.8 Å². The molecule has 2 aromatic rings. The van der Waals surface area contributed by atoms with Gasteiger partial charge in [0.25, 0.3) is 5.91 Å². The maximum Gasteiger partial charge on any atom is 0.350 e. The van der Waals surface area contributed by atoms with Crippen molar-refractivity contribution in [2.24, 2.45) is 0 Å². The molecule has 0 atom stereocenters. The molecule has 1 aromatic carbocycles. The maximum absolute atomic E-state index is 12.3. The topological polar surface area (TPSA) is 94.3 Å². The second-order valence-electron chi connectivity index (χ2n) is 6.02. The number of aromatic nitrogens is 1. The number of nitrogens with zero attached hydrogens (tertiary/aromatic N) is 1. The van der Waals surface area contributed by atoms with Crippen LogP contribution in [0.1, 0.15) is 46.5 Å². The molecule has 0 fully saturated rings. The molecule has 1 amide bonds. The Kier molecular flexibility index (Phi) is 6.34. The largest absolute Gasteiger partial charge is 0.465 e. The predicted octanol–water partition coefficient (Wildman–Crippen LogP) is 3.48. The number of ether oxygens (including phenoxy) is 1. The first kappa shape index (κ1) is 19.9. The molecule has 1 aromatic heterocycles. The van der Waals surface area contributed by atoms with E-state index in [1.54, 1.807) is 24.3 Å². The molecule has 0 saturated carbocycles. The summed E-state index contributed by atoms with van der Waals surface area (Å²) >= 11 is 1.10. The molecule has 3 N–H and O–H groups in total. The van der Waals surface area contributed by atoms with Crippen molar-refractivity contribution in [3.8, 4) is 0 Å². The fourth-order valence-electron chi connectivity index (χ4n) is 1.96. The minimum absolute atomic E-state index is 0. The van der Waals surface area contributed by atoms with Gasteiger partial charge in [-0.1, -0.05) is 38.2 Å². The molecule has 0 radical (unpaired) electrons. The Balaban J connectivity index is 0.00000288. The van der Waals surface area contributed by atoms with Crippen molar-refractivity contribution in [3.63, 3.8) is 0 Å². The number of esters is 1. The molecule has 0 unspecified atom stereocenters. The Labute approximate surface area is 150 Å². The highest BCUT2D eigenvalue weighted by Gasteiger charge is 2.28. The molecule has 24 heavy (non-hydrogen) atoms. The molecular formula is C16H20ClN3O3S. The number of anilines is 2. The van der Waals surface area contributed by atoms with E-state index in [1.807, 2.05) is 20.8 Å². The third-order valence-electron chi connectivity index (χ3n) is 3.08. The molecular weight excluding hydrogens is 350 g/mol. The lowest BCUT2D eigenvalue weighted by Crippen LogP contribution is -2.17. The fraction of sp³-hybridized carbons (Fsp3) is 0.312. The number of carbonyl (C=O) groups is 2. The summed E-state index contributed by atoms with van der Waals surface area (Å²) in [4.78, 5) is 29.0. The van der Waals surface area contributed by atoms with Gasteiger partial charge in [-0.2, -0.15) is 0 Å². The molecule has 8 heteroatoms. The van der Waals surface area contributed by atoms with Gasteiger partial charge in [0.05, 0.1) is 12.8 Å². The Morgan fingerprint density at radius 3 is 2.50 bits per heavy atom. The predicted molar refractivity (Wildman–Crippen MR) is 98.2 cm³/mol. The van der Waals surface area contributed by atoms with Crippen LogP contribution in [-0.4, -0.2) is 24.0 Å². The average Bonchev–Trinajstić information content (AvgIpc) is 2.90.